The number of carbonyl (C=O) groups is 1. The van der Waals surface area contributed by atoms with Crippen LogP contribution in [0.15, 0.2) is 20.1 Å². The fourth-order valence-electron chi connectivity index (χ4n) is 1.06. The zero-order chi connectivity index (χ0) is 13.1. The molecule has 0 aromatic carbocycles. The van der Waals surface area contributed by atoms with Crippen LogP contribution in [-0.2, 0) is 14.8 Å². The van der Waals surface area contributed by atoms with Crippen LogP contribution in [0, 0.1) is 12.3 Å². The second-order valence-electron chi connectivity index (χ2n) is 2.93. The van der Waals surface area contributed by atoms with Gasteiger partial charge in [0.05, 0.1) is 6.54 Å². The Morgan fingerprint density at radius 1 is 1.65 bits per heavy atom. The summed E-state index contributed by atoms with van der Waals surface area (Å²) in [4.78, 5) is 10.6. The van der Waals surface area contributed by atoms with E-state index < -0.39 is 22.5 Å². The largest absolute Gasteiger partial charge is 0.480 e. The normalized spacial score (nSPS) is 11.4. The number of sulfonamides is 1. The van der Waals surface area contributed by atoms with E-state index >= 15 is 0 Å². The maximum absolute atomic E-state index is 12.1. The molecule has 1 heterocycles. The molecule has 0 aliphatic rings. The third-order valence-electron chi connectivity index (χ3n) is 1.74. The molecule has 0 bridgehead atoms. The molecule has 1 N–H and O–H groups in total. The second kappa shape index (κ2) is 5.64. The van der Waals surface area contributed by atoms with Gasteiger partial charge in [-0.3, -0.25) is 4.79 Å². The van der Waals surface area contributed by atoms with Gasteiger partial charge in [-0.25, -0.2) is 8.42 Å². The van der Waals surface area contributed by atoms with E-state index in [-0.39, 0.29) is 10.8 Å². The van der Waals surface area contributed by atoms with Gasteiger partial charge in [0.15, 0.2) is 0 Å². The minimum Gasteiger partial charge on any atom is -0.480 e. The zero-order valence-electron chi connectivity index (χ0n) is 8.46. The van der Waals surface area contributed by atoms with E-state index in [9.17, 15) is 13.2 Å². The maximum Gasteiger partial charge on any atom is 0.318 e. The molecular weight excluding hydrogens is 330 g/mol. The molecule has 17 heavy (non-hydrogen) atoms. The average Bonchev–Trinajstić information content (AvgIpc) is 2.63. The molecule has 1 aromatic heterocycles. The average molecular weight is 338 g/mol. The molecule has 0 aliphatic carbocycles. The quantitative estimate of drug-likeness (QED) is 0.819. The zero-order valence-corrected chi connectivity index (χ0v) is 11.7. The Kier molecular flexibility index (Phi) is 4.70. The number of aliphatic carboxylic acids is 1. The summed E-state index contributed by atoms with van der Waals surface area (Å²) in [6.07, 6.45) is 5.04. The summed E-state index contributed by atoms with van der Waals surface area (Å²) in [6.45, 7) is -0.935. The van der Waals surface area contributed by atoms with Crippen LogP contribution in [0.25, 0.3) is 0 Å². The Hall–Kier alpha value is -0.880. The lowest BCUT2D eigenvalue weighted by Gasteiger charge is -2.16. The molecule has 0 aliphatic heterocycles. The van der Waals surface area contributed by atoms with Gasteiger partial charge in [0.25, 0.3) is 10.0 Å². The van der Waals surface area contributed by atoms with Crippen molar-refractivity contribution < 1.29 is 18.3 Å². The van der Waals surface area contributed by atoms with Crippen molar-refractivity contribution in [2.24, 2.45) is 0 Å². The number of nitrogens with zero attached hydrogens (tertiary/aromatic N) is 1. The van der Waals surface area contributed by atoms with Crippen molar-refractivity contribution in [3.63, 3.8) is 0 Å². The molecule has 0 saturated heterocycles. The summed E-state index contributed by atoms with van der Waals surface area (Å²) in [5, 5.41) is 10.2. The maximum atomic E-state index is 12.1. The first kappa shape index (κ1) is 14.2. The summed E-state index contributed by atoms with van der Waals surface area (Å²) < 4.78 is 25.4. The summed E-state index contributed by atoms with van der Waals surface area (Å²) in [6, 6.07) is 1.58. The summed E-state index contributed by atoms with van der Waals surface area (Å²) >= 11 is 4.09. The number of hydrogen-bond donors (Lipinski definition) is 1. The van der Waals surface area contributed by atoms with Crippen LogP contribution < -0.4 is 0 Å². The van der Waals surface area contributed by atoms with Crippen molar-refractivity contribution in [3.05, 3.63) is 15.9 Å². The second-order valence-corrected chi connectivity index (χ2v) is 6.83. The van der Waals surface area contributed by atoms with Crippen LogP contribution in [0.5, 0.6) is 0 Å². The number of thiophene rings is 1. The van der Waals surface area contributed by atoms with Gasteiger partial charge in [0.1, 0.15) is 10.8 Å². The molecule has 0 saturated carbocycles. The highest BCUT2D eigenvalue weighted by Gasteiger charge is 2.28. The van der Waals surface area contributed by atoms with Crippen LogP contribution >= 0.6 is 27.3 Å². The Bertz CT molecular complexity index is 558. The number of rotatable bonds is 5. The minimum atomic E-state index is -3.86. The smallest absolute Gasteiger partial charge is 0.318 e. The van der Waals surface area contributed by atoms with Crippen LogP contribution in [0.1, 0.15) is 0 Å². The SMILES string of the molecule is C#CCN(CC(=O)O)S(=O)(=O)c1sccc1Br. The van der Waals surface area contributed by atoms with Crippen molar-refractivity contribution in [2.75, 3.05) is 13.1 Å². The van der Waals surface area contributed by atoms with Gasteiger partial charge in [-0.1, -0.05) is 5.92 Å². The highest BCUT2D eigenvalue weighted by molar-refractivity contribution is 9.10. The standard InChI is InChI=1S/C9H8BrNO4S2/c1-2-4-11(6-8(12)13)17(14,15)9-7(10)3-5-16-9/h1,3,5H,4,6H2,(H,12,13). The van der Waals surface area contributed by atoms with E-state index in [0.717, 1.165) is 15.6 Å². The summed E-state index contributed by atoms with van der Waals surface area (Å²) in [7, 11) is -3.86. The highest BCUT2D eigenvalue weighted by atomic mass is 79.9. The van der Waals surface area contributed by atoms with Gasteiger partial charge >= 0.3 is 5.97 Å². The van der Waals surface area contributed by atoms with Crippen molar-refractivity contribution in [1.29, 1.82) is 0 Å². The molecular formula is C9H8BrNO4S2. The Morgan fingerprint density at radius 3 is 2.71 bits per heavy atom. The van der Waals surface area contributed by atoms with Gasteiger partial charge in [-0.15, -0.1) is 17.8 Å². The lowest BCUT2D eigenvalue weighted by atomic mass is 10.6. The van der Waals surface area contributed by atoms with E-state index in [1.807, 2.05) is 0 Å². The fraction of sp³-hybridized carbons (Fsp3) is 0.222. The van der Waals surface area contributed by atoms with E-state index in [2.05, 4.69) is 21.9 Å². The lowest BCUT2D eigenvalue weighted by molar-refractivity contribution is -0.137. The van der Waals surface area contributed by atoms with Crippen molar-refractivity contribution >= 4 is 43.3 Å². The highest BCUT2D eigenvalue weighted by Crippen LogP contribution is 2.30. The van der Waals surface area contributed by atoms with E-state index in [1.54, 1.807) is 11.4 Å². The van der Waals surface area contributed by atoms with Crippen LogP contribution in [-0.4, -0.2) is 36.9 Å². The molecule has 0 radical (unpaired) electrons. The van der Waals surface area contributed by atoms with E-state index in [0.29, 0.717) is 4.47 Å². The summed E-state index contributed by atoms with van der Waals surface area (Å²) in [5.74, 6) is 0.880. The molecule has 0 spiro atoms. The first-order valence-electron chi connectivity index (χ1n) is 4.28. The number of halogens is 1. The Morgan fingerprint density at radius 2 is 2.29 bits per heavy atom. The first-order chi connectivity index (χ1) is 7.89. The molecule has 0 atom stereocenters. The Balaban J connectivity index is 3.14. The molecule has 5 nitrogen and oxygen atoms in total. The molecule has 0 amide bonds. The molecule has 0 unspecified atom stereocenters. The molecule has 8 heteroatoms. The summed E-state index contributed by atoms with van der Waals surface area (Å²) in [5.41, 5.74) is 0. The number of hydrogen-bond acceptors (Lipinski definition) is 4. The molecule has 1 rings (SSSR count). The monoisotopic (exact) mass is 337 g/mol. The van der Waals surface area contributed by atoms with Gasteiger partial charge in [-0.2, -0.15) is 4.31 Å². The van der Waals surface area contributed by atoms with Crippen molar-refractivity contribution in [1.82, 2.24) is 4.31 Å². The topological polar surface area (TPSA) is 74.7 Å². The first-order valence-corrected chi connectivity index (χ1v) is 7.39. The van der Waals surface area contributed by atoms with Crippen LogP contribution in [0.2, 0.25) is 0 Å². The van der Waals surface area contributed by atoms with Gasteiger partial charge in [0, 0.05) is 4.47 Å². The van der Waals surface area contributed by atoms with Crippen molar-refractivity contribution in [3.8, 4) is 12.3 Å². The third kappa shape index (κ3) is 3.29. The van der Waals surface area contributed by atoms with E-state index in [1.165, 1.54) is 0 Å². The van der Waals surface area contributed by atoms with Crippen LogP contribution in [0.4, 0.5) is 0 Å². The third-order valence-corrected chi connectivity index (χ3v) is 6.18. The van der Waals surface area contributed by atoms with Gasteiger partial charge in [-0.05, 0) is 27.4 Å². The van der Waals surface area contributed by atoms with E-state index in [4.69, 9.17) is 11.5 Å². The molecule has 92 valence electrons. The Labute approximate surface area is 111 Å². The predicted molar refractivity (Wildman–Crippen MR) is 67.2 cm³/mol. The predicted octanol–water partition coefficient (Wildman–Crippen LogP) is 1.22. The number of terminal acetylenes is 1. The number of carboxylic acids is 1. The minimum absolute atomic E-state index is 0.0500. The molecule has 0 fully saturated rings. The number of carboxylic acid groups (broad SMARTS) is 1. The van der Waals surface area contributed by atoms with Crippen LogP contribution in [0.3, 0.4) is 0 Å². The van der Waals surface area contributed by atoms with Crippen molar-refractivity contribution in [2.45, 2.75) is 4.21 Å². The lowest BCUT2D eigenvalue weighted by Crippen LogP contribution is -2.35. The fourth-order valence-corrected chi connectivity index (χ4v) is 4.81. The molecule has 1 aromatic rings. The van der Waals surface area contributed by atoms with Gasteiger partial charge in [0.2, 0.25) is 0 Å². The van der Waals surface area contributed by atoms with Gasteiger partial charge < -0.3 is 5.11 Å².